The van der Waals surface area contributed by atoms with Crippen molar-refractivity contribution in [1.82, 2.24) is 0 Å². The first-order chi connectivity index (χ1) is 6.81. The summed E-state index contributed by atoms with van der Waals surface area (Å²) in [5.41, 5.74) is 0.957. The maximum atomic E-state index is 5.14. The smallest absolute Gasteiger partial charge is 0.145 e. The lowest BCUT2D eigenvalue weighted by Crippen LogP contribution is -1.94. The molecule has 14 heavy (non-hydrogen) atoms. The van der Waals surface area contributed by atoms with Crippen LogP contribution in [0.15, 0.2) is 18.2 Å². The van der Waals surface area contributed by atoms with Gasteiger partial charge in [-0.05, 0) is 12.1 Å². The zero-order valence-electron chi connectivity index (χ0n) is 9.55. The van der Waals surface area contributed by atoms with Crippen molar-refractivity contribution in [3.05, 3.63) is 18.2 Å². The van der Waals surface area contributed by atoms with Crippen LogP contribution < -0.4 is 14.8 Å². The topological polar surface area (TPSA) is 30.5 Å². The number of ether oxygens (including phenoxy) is 2. The fraction of sp³-hybridized carbons (Fsp3) is 0.455. The van der Waals surface area contributed by atoms with Crippen LogP contribution in [-0.2, 0) is 0 Å². The minimum Gasteiger partial charge on any atom is -0.497 e. The van der Waals surface area contributed by atoms with Gasteiger partial charge in [-0.15, -0.1) is 0 Å². The summed E-state index contributed by atoms with van der Waals surface area (Å²) in [6, 6.07) is 5.64. The number of nitrogens with one attached hydrogen (secondary N) is 1. The van der Waals surface area contributed by atoms with Crippen LogP contribution in [0.2, 0.25) is 0 Å². The van der Waals surface area contributed by atoms with Gasteiger partial charge in [-0.2, -0.15) is 0 Å². The third-order valence-corrected chi connectivity index (χ3v) is 1.68. The Morgan fingerprint density at radius 3 is 2.14 bits per heavy atom. The molecule has 0 amide bonds. The predicted octanol–water partition coefficient (Wildman–Crippen LogP) is 2.77. The van der Waals surface area contributed by atoms with E-state index in [1.54, 1.807) is 14.2 Å². The molecule has 1 rings (SSSR count). The second kappa shape index (κ2) is 7.06. The van der Waals surface area contributed by atoms with Crippen molar-refractivity contribution in [2.75, 3.05) is 26.6 Å². The molecule has 0 saturated carbocycles. The summed E-state index contributed by atoms with van der Waals surface area (Å²) in [5, 5.41) is 3.02. The van der Waals surface area contributed by atoms with Gasteiger partial charge in [0.05, 0.1) is 19.9 Å². The maximum Gasteiger partial charge on any atom is 0.145 e. The van der Waals surface area contributed by atoms with Crippen molar-refractivity contribution in [3.8, 4) is 11.5 Å². The zero-order valence-corrected chi connectivity index (χ0v) is 9.55. The summed E-state index contributed by atoms with van der Waals surface area (Å²) < 4.78 is 10.2. The summed E-state index contributed by atoms with van der Waals surface area (Å²) >= 11 is 0. The second-order valence-electron chi connectivity index (χ2n) is 2.32. The van der Waals surface area contributed by atoms with Crippen LogP contribution in [0.3, 0.4) is 0 Å². The van der Waals surface area contributed by atoms with Crippen LogP contribution in [-0.4, -0.2) is 21.3 Å². The highest BCUT2D eigenvalue weighted by molar-refractivity contribution is 5.58. The predicted molar refractivity (Wildman–Crippen MR) is 60.4 cm³/mol. The van der Waals surface area contributed by atoms with Gasteiger partial charge in [0.15, 0.2) is 0 Å². The quantitative estimate of drug-likeness (QED) is 0.808. The van der Waals surface area contributed by atoms with Crippen LogP contribution in [0.5, 0.6) is 11.5 Å². The first-order valence-electron chi connectivity index (χ1n) is 4.71. The number of hydrogen-bond donors (Lipinski definition) is 1. The van der Waals surface area contributed by atoms with E-state index < -0.39 is 0 Å². The van der Waals surface area contributed by atoms with Crippen LogP contribution in [0.4, 0.5) is 5.69 Å². The van der Waals surface area contributed by atoms with Gasteiger partial charge in [0.1, 0.15) is 11.5 Å². The van der Waals surface area contributed by atoms with E-state index in [4.69, 9.17) is 9.47 Å². The molecule has 0 aliphatic heterocycles. The van der Waals surface area contributed by atoms with E-state index >= 15 is 0 Å². The molecule has 0 spiro atoms. The largest absolute Gasteiger partial charge is 0.497 e. The zero-order chi connectivity index (χ0) is 11.0. The van der Waals surface area contributed by atoms with Gasteiger partial charge in [0.25, 0.3) is 0 Å². The molecule has 1 N–H and O–H groups in total. The lowest BCUT2D eigenvalue weighted by Gasteiger charge is -2.08. The Morgan fingerprint density at radius 1 is 1.07 bits per heavy atom. The molecule has 1 aromatic rings. The van der Waals surface area contributed by atoms with Crippen molar-refractivity contribution < 1.29 is 9.47 Å². The van der Waals surface area contributed by atoms with Crippen molar-refractivity contribution in [3.63, 3.8) is 0 Å². The van der Waals surface area contributed by atoms with Crippen molar-refractivity contribution in [2.45, 2.75) is 13.8 Å². The molecule has 0 saturated heterocycles. The number of methoxy groups -OCH3 is 2. The van der Waals surface area contributed by atoms with Crippen LogP contribution in [0, 0.1) is 0 Å². The molecule has 0 aliphatic rings. The van der Waals surface area contributed by atoms with Gasteiger partial charge in [-0.1, -0.05) is 13.8 Å². The highest BCUT2D eigenvalue weighted by Gasteiger charge is 2.01. The fourth-order valence-electron chi connectivity index (χ4n) is 1.01. The first kappa shape index (κ1) is 12.6. The molecule has 0 unspecified atom stereocenters. The SMILES string of the molecule is CC.CNc1ccc(OC)cc1OC. The Morgan fingerprint density at radius 2 is 1.71 bits per heavy atom. The summed E-state index contributed by atoms with van der Waals surface area (Å²) in [6.45, 7) is 4.00. The van der Waals surface area contributed by atoms with Gasteiger partial charge in [-0.25, -0.2) is 0 Å². The summed E-state index contributed by atoms with van der Waals surface area (Å²) in [6.07, 6.45) is 0. The first-order valence-corrected chi connectivity index (χ1v) is 4.71. The monoisotopic (exact) mass is 197 g/mol. The molecule has 0 aliphatic carbocycles. The third kappa shape index (κ3) is 3.17. The van der Waals surface area contributed by atoms with E-state index in [1.807, 2.05) is 39.1 Å². The molecule has 0 radical (unpaired) electrons. The molecule has 3 heteroatoms. The van der Waals surface area contributed by atoms with Gasteiger partial charge in [-0.3, -0.25) is 0 Å². The van der Waals surface area contributed by atoms with Gasteiger partial charge >= 0.3 is 0 Å². The van der Waals surface area contributed by atoms with E-state index in [0.29, 0.717) is 0 Å². The van der Waals surface area contributed by atoms with Crippen LogP contribution in [0.1, 0.15) is 13.8 Å². The molecule has 1 aromatic carbocycles. The third-order valence-electron chi connectivity index (χ3n) is 1.68. The average Bonchev–Trinajstić information content (AvgIpc) is 2.30. The molecule has 0 bridgehead atoms. The lowest BCUT2D eigenvalue weighted by atomic mass is 10.3. The Bertz CT molecular complexity index is 261. The van der Waals surface area contributed by atoms with Gasteiger partial charge < -0.3 is 14.8 Å². The van der Waals surface area contributed by atoms with Crippen molar-refractivity contribution in [2.24, 2.45) is 0 Å². The standard InChI is InChI=1S/C9H13NO2.C2H6/c1-10-8-5-4-7(11-2)6-9(8)12-3;1-2/h4-6,10H,1-3H3;1-2H3. The second-order valence-corrected chi connectivity index (χ2v) is 2.32. The molecular formula is C11H19NO2. The Balaban J connectivity index is 0.000000791. The van der Waals surface area contributed by atoms with E-state index in [-0.39, 0.29) is 0 Å². The molecular weight excluding hydrogens is 178 g/mol. The lowest BCUT2D eigenvalue weighted by molar-refractivity contribution is 0.395. The molecule has 3 nitrogen and oxygen atoms in total. The summed E-state index contributed by atoms with van der Waals surface area (Å²) in [4.78, 5) is 0. The van der Waals surface area contributed by atoms with Crippen LogP contribution >= 0.6 is 0 Å². The average molecular weight is 197 g/mol. The normalized spacial score (nSPS) is 8.36. The van der Waals surface area contributed by atoms with Gasteiger partial charge in [0, 0.05) is 13.1 Å². The van der Waals surface area contributed by atoms with Gasteiger partial charge in [0.2, 0.25) is 0 Å². The minimum atomic E-state index is 0.789. The van der Waals surface area contributed by atoms with Crippen LogP contribution in [0.25, 0.3) is 0 Å². The number of benzene rings is 1. The van der Waals surface area contributed by atoms with E-state index in [9.17, 15) is 0 Å². The van der Waals surface area contributed by atoms with E-state index in [0.717, 1.165) is 17.2 Å². The molecule has 0 heterocycles. The summed E-state index contributed by atoms with van der Waals surface area (Å²) in [5.74, 6) is 1.59. The molecule has 80 valence electrons. The number of rotatable bonds is 3. The number of hydrogen-bond acceptors (Lipinski definition) is 3. The fourth-order valence-corrected chi connectivity index (χ4v) is 1.01. The van der Waals surface area contributed by atoms with Crippen molar-refractivity contribution in [1.29, 1.82) is 0 Å². The maximum absolute atomic E-state index is 5.14. The minimum absolute atomic E-state index is 0.789. The number of anilines is 1. The molecule has 0 atom stereocenters. The van der Waals surface area contributed by atoms with E-state index in [2.05, 4.69) is 5.32 Å². The Hall–Kier alpha value is -1.38. The Labute approximate surface area is 86.0 Å². The Kier molecular flexibility index (Phi) is 6.37. The van der Waals surface area contributed by atoms with Crippen molar-refractivity contribution >= 4 is 5.69 Å². The molecule has 0 aromatic heterocycles. The van der Waals surface area contributed by atoms with E-state index in [1.165, 1.54) is 0 Å². The highest BCUT2D eigenvalue weighted by Crippen LogP contribution is 2.28. The highest BCUT2D eigenvalue weighted by atomic mass is 16.5. The molecule has 0 fully saturated rings. The summed E-state index contributed by atoms with van der Waals surface area (Å²) in [7, 11) is 5.12.